The molecule has 9 heteroatoms. The first-order valence-corrected chi connectivity index (χ1v) is 6.84. The molecule has 0 aliphatic heterocycles. The molecular weight excluding hydrogens is 276 g/mol. The molecule has 0 aromatic heterocycles. The molecular formula is C12H26N6O3. The number of guanidine groups is 1. The van der Waals surface area contributed by atoms with Gasteiger partial charge in [0.05, 0.1) is 12.1 Å². The van der Waals surface area contributed by atoms with Crippen LogP contribution in [0.4, 0.5) is 0 Å². The van der Waals surface area contributed by atoms with Crippen molar-refractivity contribution < 1.29 is 14.7 Å². The third kappa shape index (κ3) is 8.95. The summed E-state index contributed by atoms with van der Waals surface area (Å²) >= 11 is 0. The molecule has 0 saturated heterocycles. The smallest absolute Gasteiger partial charge is 0.320 e. The summed E-state index contributed by atoms with van der Waals surface area (Å²) in [6.07, 6.45) is 2.12. The van der Waals surface area contributed by atoms with E-state index < -0.39 is 24.1 Å². The van der Waals surface area contributed by atoms with Crippen molar-refractivity contribution in [2.45, 2.75) is 50.2 Å². The first-order valence-electron chi connectivity index (χ1n) is 6.84. The van der Waals surface area contributed by atoms with Gasteiger partial charge in [-0.15, -0.1) is 0 Å². The molecule has 11 N–H and O–H groups in total. The lowest BCUT2D eigenvalue weighted by Crippen LogP contribution is -2.43. The van der Waals surface area contributed by atoms with Crippen LogP contribution in [0.3, 0.4) is 0 Å². The predicted molar refractivity (Wildman–Crippen MR) is 80.3 cm³/mol. The van der Waals surface area contributed by atoms with Gasteiger partial charge in [0.15, 0.2) is 11.7 Å². The highest BCUT2D eigenvalue weighted by Crippen LogP contribution is 2.06. The Balaban J connectivity index is 3.96. The fourth-order valence-corrected chi connectivity index (χ4v) is 1.76. The van der Waals surface area contributed by atoms with Crippen LogP contribution in [0.1, 0.15) is 32.1 Å². The highest BCUT2D eigenvalue weighted by molar-refractivity contribution is 5.88. The lowest BCUT2D eigenvalue weighted by Gasteiger charge is -2.16. The standard InChI is InChI=1S/C12H26N6O3/c13-7(3-1-4-9(15)11(20)21)10(19)8(14)5-2-6-18-12(16)17/h7-9H,1-6,13-15H2,(H,20,21)(H4,16,17,18)/t7?,8-,9-/m0/s1. The second-order valence-electron chi connectivity index (χ2n) is 4.94. The van der Waals surface area contributed by atoms with Crippen LogP contribution < -0.4 is 28.7 Å². The van der Waals surface area contributed by atoms with Crippen LogP contribution in [-0.4, -0.2) is 47.5 Å². The van der Waals surface area contributed by atoms with Gasteiger partial charge in [-0.05, 0) is 32.1 Å². The molecule has 1 unspecified atom stereocenters. The van der Waals surface area contributed by atoms with Crippen molar-refractivity contribution in [3.05, 3.63) is 0 Å². The average Bonchev–Trinajstić information content (AvgIpc) is 2.41. The zero-order chi connectivity index (χ0) is 16.4. The minimum atomic E-state index is -1.06. The van der Waals surface area contributed by atoms with E-state index in [1.54, 1.807) is 0 Å². The number of carboxylic acid groups (broad SMARTS) is 1. The fourth-order valence-electron chi connectivity index (χ4n) is 1.76. The number of hydrogen-bond donors (Lipinski definition) is 6. The van der Waals surface area contributed by atoms with Crippen LogP contribution >= 0.6 is 0 Å². The van der Waals surface area contributed by atoms with E-state index in [4.69, 9.17) is 33.8 Å². The molecule has 9 nitrogen and oxygen atoms in total. The van der Waals surface area contributed by atoms with Crippen LogP contribution in [0.15, 0.2) is 4.99 Å². The predicted octanol–water partition coefficient (Wildman–Crippen LogP) is -2.15. The molecule has 0 aromatic carbocycles. The molecule has 0 aromatic rings. The maximum Gasteiger partial charge on any atom is 0.320 e. The van der Waals surface area contributed by atoms with Gasteiger partial charge in [0.1, 0.15) is 6.04 Å². The normalized spacial score (nSPS) is 15.0. The van der Waals surface area contributed by atoms with Crippen LogP contribution in [0, 0.1) is 0 Å². The van der Waals surface area contributed by atoms with E-state index >= 15 is 0 Å². The number of nitrogens with two attached hydrogens (primary N) is 5. The molecule has 0 amide bonds. The minimum absolute atomic E-state index is 0.00127. The summed E-state index contributed by atoms with van der Waals surface area (Å²) in [5.41, 5.74) is 27.2. The van der Waals surface area contributed by atoms with Gasteiger partial charge in [-0.25, -0.2) is 0 Å². The van der Waals surface area contributed by atoms with E-state index in [0.29, 0.717) is 32.2 Å². The Labute approximate surface area is 123 Å². The maximum absolute atomic E-state index is 11.9. The van der Waals surface area contributed by atoms with Gasteiger partial charge in [0.25, 0.3) is 0 Å². The van der Waals surface area contributed by atoms with E-state index in [0.717, 1.165) is 0 Å². The molecule has 0 rings (SSSR count). The number of aliphatic imine (C=N–C) groups is 1. The maximum atomic E-state index is 11.9. The number of Topliss-reactive ketones (excluding diaryl/α,β-unsaturated/α-hetero) is 1. The largest absolute Gasteiger partial charge is 0.480 e. The first-order chi connectivity index (χ1) is 9.75. The number of carbonyl (C=O) groups excluding carboxylic acids is 1. The summed E-state index contributed by atoms with van der Waals surface area (Å²) in [5.74, 6) is -1.31. The van der Waals surface area contributed by atoms with Crippen molar-refractivity contribution in [3.63, 3.8) is 0 Å². The van der Waals surface area contributed by atoms with Gasteiger partial charge in [-0.2, -0.15) is 0 Å². The van der Waals surface area contributed by atoms with Gasteiger partial charge in [-0.3, -0.25) is 14.6 Å². The molecule has 0 radical (unpaired) electrons. The molecule has 0 saturated carbocycles. The molecule has 3 atom stereocenters. The molecule has 122 valence electrons. The zero-order valence-corrected chi connectivity index (χ0v) is 12.1. The molecule has 0 spiro atoms. The molecule has 0 aliphatic rings. The van der Waals surface area contributed by atoms with Gasteiger partial charge in [0.2, 0.25) is 0 Å². The van der Waals surface area contributed by atoms with Crippen LogP contribution in [0.5, 0.6) is 0 Å². The number of rotatable bonds is 11. The average molecular weight is 302 g/mol. The second-order valence-corrected chi connectivity index (χ2v) is 4.94. The topological polar surface area (TPSA) is 197 Å². The van der Waals surface area contributed by atoms with Crippen molar-refractivity contribution in [3.8, 4) is 0 Å². The SMILES string of the molecule is NC(N)=NCCC[C@H](N)C(=O)C(N)CCC[C@H](N)C(=O)O. The molecule has 0 heterocycles. The van der Waals surface area contributed by atoms with Crippen LogP contribution in [0.25, 0.3) is 0 Å². The van der Waals surface area contributed by atoms with Gasteiger partial charge < -0.3 is 33.8 Å². The summed E-state index contributed by atoms with van der Waals surface area (Å²) < 4.78 is 0. The van der Waals surface area contributed by atoms with Gasteiger partial charge >= 0.3 is 5.97 Å². The Kier molecular flexibility index (Phi) is 9.26. The highest BCUT2D eigenvalue weighted by atomic mass is 16.4. The quantitative estimate of drug-likeness (QED) is 0.141. The number of aliphatic carboxylic acids is 1. The van der Waals surface area contributed by atoms with Gasteiger partial charge in [-0.1, -0.05) is 0 Å². The van der Waals surface area contributed by atoms with Crippen molar-refractivity contribution >= 4 is 17.7 Å². The van der Waals surface area contributed by atoms with Crippen LogP contribution in [-0.2, 0) is 9.59 Å². The lowest BCUT2D eigenvalue weighted by molar-refractivity contribution is -0.138. The third-order valence-corrected chi connectivity index (χ3v) is 3.05. The summed E-state index contributed by atoms with van der Waals surface area (Å²) in [6, 6.07) is -2.30. The molecule has 0 aliphatic carbocycles. The summed E-state index contributed by atoms with van der Waals surface area (Å²) in [6.45, 7) is 0.409. The number of ketones is 1. The van der Waals surface area contributed by atoms with Crippen LogP contribution in [0.2, 0.25) is 0 Å². The van der Waals surface area contributed by atoms with E-state index in [2.05, 4.69) is 4.99 Å². The Morgan fingerprint density at radius 2 is 1.38 bits per heavy atom. The Morgan fingerprint density at radius 3 is 1.86 bits per heavy atom. The monoisotopic (exact) mass is 302 g/mol. The lowest BCUT2D eigenvalue weighted by atomic mass is 9.97. The summed E-state index contributed by atoms with van der Waals surface area (Å²) in [5, 5.41) is 8.63. The van der Waals surface area contributed by atoms with E-state index in [-0.39, 0.29) is 18.2 Å². The van der Waals surface area contributed by atoms with E-state index in [1.807, 2.05) is 0 Å². The van der Waals surface area contributed by atoms with Gasteiger partial charge in [0, 0.05) is 6.54 Å². The molecule has 0 fully saturated rings. The number of carboxylic acids is 1. The number of carbonyl (C=O) groups is 2. The Morgan fingerprint density at radius 1 is 0.905 bits per heavy atom. The Hall–Kier alpha value is -1.71. The third-order valence-electron chi connectivity index (χ3n) is 3.05. The zero-order valence-electron chi connectivity index (χ0n) is 12.1. The second kappa shape index (κ2) is 10.1. The molecule has 0 bridgehead atoms. The minimum Gasteiger partial charge on any atom is -0.480 e. The van der Waals surface area contributed by atoms with Crippen molar-refractivity contribution in [1.29, 1.82) is 0 Å². The van der Waals surface area contributed by atoms with Crippen molar-refractivity contribution in [2.75, 3.05) is 6.54 Å². The fraction of sp³-hybridized carbons (Fsp3) is 0.750. The number of nitrogens with zero attached hydrogens (tertiary/aromatic N) is 1. The van der Waals surface area contributed by atoms with E-state index in [1.165, 1.54) is 0 Å². The highest BCUT2D eigenvalue weighted by Gasteiger charge is 2.21. The van der Waals surface area contributed by atoms with Crippen molar-refractivity contribution in [1.82, 2.24) is 0 Å². The van der Waals surface area contributed by atoms with E-state index in [9.17, 15) is 9.59 Å². The number of hydrogen-bond acceptors (Lipinski definition) is 6. The summed E-state index contributed by atoms with van der Waals surface area (Å²) in [4.78, 5) is 26.2. The summed E-state index contributed by atoms with van der Waals surface area (Å²) in [7, 11) is 0. The Bertz CT molecular complexity index is 370. The van der Waals surface area contributed by atoms with Crippen molar-refractivity contribution in [2.24, 2.45) is 33.7 Å². The first kappa shape index (κ1) is 19.3. The molecule has 21 heavy (non-hydrogen) atoms.